The van der Waals surface area contributed by atoms with Gasteiger partial charge < -0.3 is 39.8 Å². The van der Waals surface area contributed by atoms with E-state index in [2.05, 4.69) is 119 Å². The Hall–Kier alpha value is -6.64. The molecule has 15 nitrogen and oxygen atoms in total. The van der Waals surface area contributed by atoms with Crippen LogP contribution in [0.5, 0.6) is 0 Å². The Morgan fingerprint density at radius 3 is 1.68 bits per heavy atom. The SMILES string of the molecule is COC(=O)N[C@H](C(=O)N1CCC[C@H]1c1cc(-c2ccc([C@@H]3CC[C@@H](c4ccc(-c5cnc([C@@H]6CCCN6C(=O)[C@@H](NC(=O)OC)C(C)C)[nH]5)cc4)N3c3ccc(C(C)(C)C)cc3)cc2)n[nH]1)C(C)C. The topological polar surface area (TPSA) is 178 Å². The van der Waals surface area contributed by atoms with Crippen LogP contribution in [0.4, 0.5) is 15.3 Å². The molecular formula is C54H69N9O6. The number of nitrogens with zero attached hydrogens (tertiary/aromatic N) is 5. The van der Waals surface area contributed by atoms with Gasteiger partial charge >= 0.3 is 12.2 Å². The van der Waals surface area contributed by atoms with Gasteiger partial charge in [0, 0.05) is 24.3 Å². The molecule has 3 aromatic carbocycles. The average molecular weight is 940 g/mol. The molecule has 0 spiro atoms. The van der Waals surface area contributed by atoms with Crippen LogP contribution in [0.15, 0.2) is 85.1 Å². The van der Waals surface area contributed by atoms with Crippen molar-refractivity contribution in [3.8, 4) is 22.5 Å². The second-order valence-electron chi connectivity index (χ2n) is 20.5. The monoisotopic (exact) mass is 940 g/mol. The van der Waals surface area contributed by atoms with E-state index in [1.807, 2.05) is 49.8 Å². The van der Waals surface area contributed by atoms with E-state index in [-0.39, 0.29) is 53.2 Å². The number of anilines is 1. The third-order valence-electron chi connectivity index (χ3n) is 14.3. The van der Waals surface area contributed by atoms with Crippen LogP contribution >= 0.6 is 0 Å². The van der Waals surface area contributed by atoms with Crippen LogP contribution < -0.4 is 15.5 Å². The molecule has 6 atom stereocenters. The van der Waals surface area contributed by atoms with Gasteiger partial charge in [0.1, 0.15) is 17.9 Å². The summed E-state index contributed by atoms with van der Waals surface area (Å²) >= 11 is 0. The molecule has 0 saturated carbocycles. The minimum atomic E-state index is -0.695. The normalized spacial score (nSPS) is 20.4. The van der Waals surface area contributed by atoms with Crippen LogP contribution in [0.25, 0.3) is 22.5 Å². The van der Waals surface area contributed by atoms with Crippen LogP contribution in [0.2, 0.25) is 0 Å². The van der Waals surface area contributed by atoms with Crippen molar-refractivity contribution in [2.75, 3.05) is 32.2 Å². The van der Waals surface area contributed by atoms with Gasteiger partial charge in [-0.1, -0.05) is 109 Å². The molecule has 0 bridgehead atoms. The number of carbonyl (C=O) groups excluding carboxylic acids is 4. The van der Waals surface area contributed by atoms with Gasteiger partial charge in [0.2, 0.25) is 11.8 Å². The highest BCUT2D eigenvalue weighted by atomic mass is 16.5. The van der Waals surface area contributed by atoms with Crippen LogP contribution in [0.3, 0.4) is 0 Å². The fraction of sp³-hybridized carbons (Fsp3) is 0.481. The summed E-state index contributed by atoms with van der Waals surface area (Å²) in [6.07, 6.45) is 5.85. The highest BCUT2D eigenvalue weighted by Crippen LogP contribution is 2.48. The van der Waals surface area contributed by atoms with E-state index in [0.29, 0.717) is 13.1 Å². The summed E-state index contributed by atoms with van der Waals surface area (Å²) in [5.74, 6) is 0.265. The standard InChI is InChI=1S/C54H69N9O6/c1-32(2)47(57-52(66)68-8)50(64)61-28-10-12-45(61)41-30-40(59-60-41)34-14-18-36(19-15-34)43-26-27-44(63(43)39-24-22-38(23-25-39)54(5,6)7)37-20-16-35(17-21-37)42-31-55-49(56-42)46-13-11-29-62(46)51(65)48(33(3)4)58-53(67)69-9/h14-25,30-33,43-48H,10-13,26-29H2,1-9H3,(H,55,56)(H,57,66)(H,58,67)(H,59,60)/t43-,44-,45-,46-,47-,48-/m0/s1. The van der Waals surface area contributed by atoms with Gasteiger partial charge in [-0.25, -0.2) is 14.6 Å². The van der Waals surface area contributed by atoms with Gasteiger partial charge in [-0.3, -0.25) is 14.7 Å². The fourth-order valence-corrected chi connectivity index (χ4v) is 10.5. The smallest absolute Gasteiger partial charge is 0.407 e. The molecule has 4 N–H and O–H groups in total. The lowest BCUT2D eigenvalue weighted by Gasteiger charge is -2.34. The molecular weight excluding hydrogens is 871 g/mol. The van der Waals surface area contributed by atoms with Crippen molar-refractivity contribution < 1.29 is 28.7 Å². The molecule has 3 saturated heterocycles. The number of aromatic nitrogens is 4. The van der Waals surface area contributed by atoms with Crippen molar-refractivity contribution in [1.29, 1.82) is 0 Å². The highest BCUT2D eigenvalue weighted by molar-refractivity contribution is 5.87. The maximum atomic E-state index is 13.8. The van der Waals surface area contributed by atoms with E-state index in [1.165, 1.54) is 36.6 Å². The molecule has 3 fully saturated rings. The first-order valence-corrected chi connectivity index (χ1v) is 24.6. The summed E-state index contributed by atoms with van der Waals surface area (Å²) in [5.41, 5.74) is 9.51. The van der Waals surface area contributed by atoms with Crippen molar-refractivity contribution in [3.63, 3.8) is 0 Å². The van der Waals surface area contributed by atoms with Crippen molar-refractivity contribution >= 4 is 29.7 Å². The first-order valence-electron chi connectivity index (χ1n) is 24.6. The van der Waals surface area contributed by atoms with Crippen molar-refractivity contribution in [3.05, 3.63) is 113 Å². The van der Waals surface area contributed by atoms with Gasteiger partial charge in [-0.2, -0.15) is 5.10 Å². The number of hydrogen-bond donors (Lipinski definition) is 4. The lowest BCUT2D eigenvalue weighted by molar-refractivity contribution is -0.136. The Labute approximate surface area is 406 Å². The van der Waals surface area contributed by atoms with Gasteiger partial charge in [-0.05, 0) is 96.2 Å². The molecule has 3 aliphatic rings. The largest absolute Gasteiger partial charge is 0.453 e. The molecule has 8 rings (SSSR count). The molecule has 2 aromatic heterocycles. The van der Waals surface area contributed by atoms with Crippen LogP contribution in [-0.2, 0) is 24.5 Å². The van der Waals surface area contributed by atoms with Gasteiger partial charge in [-0.15, -0.1) is 0 Å². The molecule has 0 unspecified atom stereocenters. The highest BCUT2D eigenvalue weighted by Gasteiger charge is 2.40. The van der Waals surface area contributed by atoms with E-state index in [0.717, 1.165) is 72.6 Å². The lowest BCUT2D eigenvalue weighted by atomic mass is 9.87. The number of H-pyrrole nitrogens is 2. The number of imidazole rings is 1. The maximum Gasteiger partial charge on any atom is 0.407 e. The number of likely N-dealkylation sites (tertiary alicyclic amines) is 2. The second-order valence-corrected chi connectivity index (χ2v) is 20.5. The molecule has 5 aromatic rings. The lowest BCUT2D eigenvalue weighted by Crippen LogP contribution is -2.51. The predicted molar refractivity (Wildman–Crippen MR) is 266 cm³/mol. The Bertz CT molecular complexity index is 2430. The van der Waals surface area contributed by atoms with Crippen molar-refractivity contribution in [1.82, 2.24) is 40.6 Å². The Morgan fingerprint density at radius 2 is 1.17 bits per heavy atom. The zero-order valence-electron chi connectivity index (χ0n) is 41.5. The summed E-state index contributed by atoms with van der Waals surface area (Å²) in [7, 11) is 2.60. The Balaban J connectivity index is 1.00. The number of rotatable bonds is 13. The third-order valence-corrected chi connectivity index (χ3v) is 14.3. The van der Waals surface area contributed by atoms with Crippen LogP contribution in [0, 0.1) is 11.8 Å². The summed E-state index contributed by atoms with van der Waals surface area (Å²) in [5, 5.41) is 13.4. The number of aromatic amines is 2. The quantitative estimate of drug-likeness (QED) is 0.0895. The average Bonchev–Trinajstić information content (AvgIpc) is 4.21. The summed E-state index contributed by atoms with van der Waals surface area (Å²) in [4.78, 5) is 66.3. The zero-order chi connectivity index (χ0) is 49.1. The number of methoxy groups -OCH3 is 2. The fourth-order valence-electron chi connectivity index (χ4n) is 10.5. The van der Waals surface area contributed by atoms with Crippen molar-refractivity contribution in [2.24, 2.45) is 11.8 Å². The van der Waals surface area contributed by atoms with E-state index >= 15 is 0 Å². The molecule has 0 radical (unpaired) electrons. The molecule has 4 amide bonds. The van der Waals surface area contributed by atoms with E-state index in [4.69, 9.17) is 19.6 Å². The maximum absolute atomic E-state index is 13.8. The molecule has 366 valence electrons. The van der Waals surface area contributed by atoms with Crippen molar-refractivity contribution in [2.45, 2.75) is 129 Å². The minimum absolute atomic E-state index is 0.0280. The zero-order valence-corrected chi connectivity index (χ0v) is 41.5. The molecule has 3 aliphatic heterocycles. The molecule has 5 heterocycles. The van der Waals surface area contributed by atoms with Gasteiger partial charge in [0.05, 0.1) is 61.7 Å². The molecule has 15 heteroatoms. The first-order chi connectivity index (χ1) is 33.1. The molecule has 69 heavy (non-hydrogen) atoms. The number of amides is 4. The number of ether oxygens (including phenoxy) is 2. The number of nitrogens with one attached hydrogen (secondary N) is 4. The number of benzene rings is 3. The van der Waals surface area contributed by atoms with Crippen LogP contribution in [-0.4, -0.2) is 93.4 Å². The van der Waals surface area contributed by atoms with Crippen LogP contribution in [0.1, 0.15) is 139 Å². The van der Waals surface area contributed by atoms with Gasteiger partial charge in [0.15, 0.2) is 0 Å². The summed E-state index contributed by atoms with van der Waals surface area (Å²) in [6.45, 7) is 15.6. The molecule has 0 aliphatic carbocycles. The Kier molecular flexibility index (Phi) is 14.5. The number of alkyl carbamates (subject to hydrolysis) is 2. The minimum Gasteiger partial charge on any atom is -0.453 e. The number of hydrogen-bond acceptors (Lipinski definition) is 9. The Morgan fingerprint density at radius 1 is 0.667 bits per heavy atom. The summed E-state index contributed by atoms with van der Waals surface area (Å²) in [6, 6.07) is 27.1. The number of carbonyl (C=O) groups is 4. The summed E-state index contributed by atoms with van der Waals surface area (Å²) < 4.78 is 9.62. The van der Waals surface area contributed by atoms with Gasteiger partial charge in [0.25, 0.3) is 0 Å². The first kappa shape index (κ1) is 48.8. The van der Waals surface area contributed by atoms with E-state index in [1.54, 1.807) is 0 Å². The van der Waals surface area contributed by atoms with E-state index in [9.17, 15) is 19.2 Å². The van der Waals surface area contributed by atoms with E-state index < -0.39 is 24.3 Å². The third kappa shape index (κ3) is 10.4. The second kappa shape index (κ2) is 20.5. The predicted octanol–water partition coefficient (Wildman–Crippen LogP) is 9.94.